The number of rotatable bonds is 6. The fourth-order valence-electron chi connectivity index (χ4n) is 3.72. The molecule has 0 aliphatic heterocycles. The van der Waals surface area contributed by atoms with Gasteiger partial charge in [0.05, 0.1) is 16.8 Å². The third-order valence-corrected chi connectivity index (χ3v) is 8.96. The van der Waals surface area contributed by atoms with Crippen LogP contribution in [0.15, 0.2) is 108 Å². The molecule has 31 heavy (non-hydrogen) atoms. The predicted octanol–water partition coefficient (Wildman–Crippen LogP) is 5.72. The van der Waals surface area contributed by atoms with Gasteiger partial charge in [-0.1, -0.05) is 84.4 Å². The summed E-state index contributed by atoms with van der Waals surface area (Å²) in [4.78, 5) is 15.0. The van der Waals surface area contributed by atoms with E-state index in [4.69, 9.17) is 16.0 Å². The number of halogens is 1. The van der Waals surface area contributed by atoms with E-state index >= 15 is 0 Å². The molecule has 4 rings (SSSR count). The van der Waals surface area contributed by atoms with E-state index in [1.165, 1.54) is 11.2 Å². The Morgan fingerprint density at radius 3 is 1.90 bits per heavy atom. The van der Waals surface area contributed by atoms with Crippen molar-refractivity contribution in [1.29, 1.82) is 0 Å². The molecule has 0 radical (unpaired) electrons. The first-order valence-electron chi connectivity index (χ1n) is 9.79. The van der Waals surface area contributed by atoms with Crippen molar-refractivity contribution in [1.82, 2.24) is 4.90 Å². The number of furan rings is 1. The maximum absolute atomic E-state index is 15.0. The minimum absolute atomic E-state index is 0.334. The van der Waals surface area contributed by atoms with Crippen molar-refractivity contribution in [3.8, 4) is 0 Å². The van der Waals surface area contributed by atoms with E-state index in [0.29, 0.717) is 27.0 Å². The van der Waals surface area contributed by atoms with Crippen molar-refractivity contribution in [2.24, 2.45) is 0 Å². The average Bonchev–Trinajstić information content (AvgIpc) is 3.34. The molecule has 1 atom stereocenters. The van der Waals surface area contributed by atoms with Crippen LogP contribution in [0.4, 0.5) is 0 Å². The monoisotopic (exact) mass is 449 g/mol. The molecule has 156 valence electrons. The molecule has 3 aromatic carbocycles. The standard InChI is InChI=1S/C25H21ClNO3P/c1-27(24(28)21-15-8-9-16-22(21)26)25(23-17-10-18-30-23)31(29,19-11-4-2-5-12-19)20-13-6-3-7-14-20/h2-18,25H,1H3. The molecule has 4 aromatic rings. The van der Waals surface area contributed by atoms with Crippen molar-refractivity contribution >= 4 is 35.3 Å². The highest BCUT2D eigenvalue weighted by molar-refractivity contribution is 7.79. The lowest BCUT2D eigenvalue weighted by Gasteiger charge is -2.34. The van der Waals surface area contributed by atoms with Gasteiger partial charge in [-0.05, 0) is 24.3 Å². The fourth-order valence-corrected chi connectivity index (χ4v) is 7.13. The number of benzene rings is 3. The molecule has 0 aliphatic carbocycles. The lowest BCUT2D eigenvalue weighted by atomic mass is 10.2. The van der Waals surface area contributed by atoms with Crippen LogP contribution in [0.5, 0.6) is 0 Å². The maximum Gasteiger partial charge on any atom is 0.256 e. The second-order valence-electron chi connectivity index (χ2n) is 7.11. The molecule has 1 aromatic heterocycles. The van der Waals surface area contributed by atoms with Crippen LogP contribution in [-0.2, 0) is 4.57 Å². The van der Waals surface area contributed by atoms with Crippen molar-refractivity contribution in [2.45, 2.75) is 5.78 Å². The molecule has 6 heteroatoms. The van der Waals surface area contributed by atoms with Crippen molar-refractivity contribution in [3.63, 3.8) is 0 Å². The smallest absolute Gasteiger partial charge is 0.256 e. The molecular weight excluding hydrogens is 429 g/mol. The summed E-state index contributed by atoms with van der Waals surface area (Å²) in [6.45, 7) is 0. The molecule has 0 spiro atoms. The van der Waals surface area contributed by atoms with E-state index in [9.17, 15) is 9.36 Å². The lowest BCUT2D eigenvalue weighted by Crippen LogP contribution is -2.36. The minimum atomic E-state index is -3.40. The minimum Gasteiger partial charge on any atom is -0.467 e. The van der Waals surface area contributed by atoms with Crippen LogP contribution in [0.2, 0.25) is 5.02 Å². The van der Waals surface area contributed by atoms with Gasteiger partial charge >= 0.3 is 0 Å². The van der Waals surface area contributed by atoms with Crippen molar-refractivity contribution in [3.05, 3.63) is 120 Å². The highest BCUT2D eigenvalue weighted by atomic mass is 35.5. The Kier molecular flexibility index (Phi) is 6.13. The van der Waals surface area contributed by atoms with Gasteiger partial charge in [-0.15, -0.1) is 0 Å². The fraction of sp³-hybridized carbons (Fsp3) is 0.0800. The highest BCUT2D eigenvalue weighted by Gasteiger charge is 2.44. The second-order valence-corrected chi connectivity index (χ2v) is 10.4. The Bertz CT molecular complexity index is 1170. The van der Waals surface area contributed by atoms with Crippen LogP contribution in [0.3, 0.4) is 0 Å². The first-order valence-corrected chi connectivity index (χ1v) is 11.9. The number of carbonyl (C=O) groups excluding carboxylic acids is 1. The Hall–Kier alpha value is -3.07. The quantitative estimate of drug-likeness (QED) is 0.354. The summed E-state index contributed by atoms with van der Waals surface area (Å²) in [6.07, 6.45) is 1.52. The van der Waals surface area contributed by atoms with Crippen LogP contribution in [0.25, 0.3) is 0 Å². The molecule has 1 heterocycles. The van der Waals surface area contributed by atoms with Crippen LogP contribution in [-0.4, -0.2) is 17.9 Å². The topological polar surface area (TPSA) is 50.5 Å². The lowest BCUT2D eigenvalue weighted by molar-refractivity contribution is 0.0764. The summed E-state index contributed by atoms with van der Waals surface area (Å²) in [7, 11) is -1.76. The molecule has 4 nitrogen and oxygen atoms in total. The number of nitrogens with zero attached hydrogens (tertiary/aromatic N) is 1. The van der Waals surface area contributed by atoms with Gasteiger partial charge in [-0.2, -0.15) is 0 Å². The molecule has 0 aliphatic rings. The van der Waals surface area contributed by atoms with E-state index in [1.54, 1.807) is 43.4 Å². The number of carbonyl (C=O) groups is 1. The highest BCUT2D eigenvalue weighted by Crippen LogP contribution is 2.58. The first kappa shape index (κ1) is 21.2. The van der Waals surface area contributed by atoms with E-state index in [2.05, 4.69) is 0 Å². The van der Waals surface area contributed by atoms with Gasteiger partial charge in [0, 0.05) is 17.7 Å². The van der Waals surface area contributed by atoms with Crippen molar-refractivity contribution < 1.29 is 13.8 Å². The van der Waals surface area contributed by atoms with E-state index in [0.717, 1.165) is 0 Å². The normalized spacial score (nSPS) is 12.3. The second kappa shape index (κ2) is 8.97. The Morgan fingerprint density at radius 1 is 0.839 bits per heavy atom. The van der Waals surface area contributed by atoms with Gasteiger partial charge in [0.15, 0.2) is 12.9 Å². The van der Waals surface area contributed by atoms with Gasteiger partial charge in [0.25, 0.3) is 5.91 Å². The van der Waals surface area contributed by atoms with Crippen LogP contribution >= 0.6 is 18.7 Å². The van der Waals surface area contributed by atoms with E-state index in [-0.39, 0.29) is 5.91 Å². The summed E-state index contributed by atoms with van der Waals surface area (Å²) in [5.41, 5.74) is 0.343. The Labute approximate surface area is 186 Å². The summed E-state index contributed by atoms with van der Waals surface area (Å²) in [6, 6.07) is 28.8. The summed E-state index contributed by atoms with van der Waals surface area (Å²) >= 11 is 6.30. The molecule has 0 saturated carbocycles. The summed E-state index contributed by atoms with van der Waals surface area (Å²) in [5, 5.41) is 1.62. The first-order chi connectivity index (χ1) is 15.0. The van der Waals surface area contributed by atoms with Gasteiger partial charge < -0.3 is 13.9 Å². The largest absolute Gasteiger partial charge is 0.467 e. The zero-order chi connectivity index (χ0) is 21.8. The predicted molar refractivity (Wildman–Crippen MR) is 125 cm³/mol. The van der Waals surface area contributed by atoms with E-state index < -0.39 is 12.9 Å². The van der Waals surface area contributed by atoms with E-state index in [1.807, 2.05) is 60.7 Å². The maximum atomic E-state index is 15.0. The molecule has 0 N–H and O–H groups in total. The number of amides is 1. The van der Waals surface area contributed by atoms with Gasteiger partial charge in [-0.25, -0.2) is 0 Å². The number of hydrogen-bond donors (Lipinski definition) is 0. The Balaban J connectivity index is 1.93. The summed E-state index contributed by atoms with van der Waals surface area (Å²) in [5.74, 6) is -0.742. The summed E-state index contributed by atoms with van der Waals surface area (Å²) < 4.78 is 20.7. The molecular formula is C25H21ClNO3P. The molecule has 0 saturated heterocycles. The van der Waals surface area contributed by atoms with Gasteiger partial charge in [0.2, 0.25) is 0 Å². The zero-order valence-electron chi connectivity index (χ0n) is 16.9. The zero-order valence-corrected chi connectivity index (χ0v) is 18.5. The third kappa shape index (κ3) is 3.97. The van der Waals surface area contributed by atoms with Crippen LogP contribution in [0, 0.1) is 0 Å². The van der Waals surface area contributed by atoms with Crippen LogP contribution < -0.4 is 10.6 Å². The van der Waals surface area contributed by atoms with Crippen molar-refractivity contribution in [2.75, 3.05) is 7.05 Å². The average molecular weight is 450 g/mol. The molecule has 0 bridgehead atoms. The SMILES string of the molecule is CN(C(=O)c1ccccc1Cl)C(c1ccco1)P(=O)(c1ccccc1)c1ccccc1. The molecule has 1 unspecified atom stereocenters. The van der Waals surface area contributed by atoms with Gasteiger partial charge in [-0.3, -0.25) is 4.79 Å². The Morgan fingerprint density at radius 2 is 1.39 bits per heavy atom. The number of hydrogen-bond acceptors (Lipinski definition) is 3. The van der Waals surface area contributed by atoms with Crippen LogP contribution in [0.1, 0.15) is 21.9 Å². The van der Waals surface area contributed by atoms with Gasteiger partial charge in [0.1, 0.15) is 5.76 Å². The molecule has 1 amide bonds. The third-order valence-electron chi connectivity index (χ3n) is 5.21. The molecule has 0 fully saturated rings.